The standard InChI is InChI=1S/C13H15NO2S/c1-9-11(10-7-5-4-6-8-10)14-13(2,17-9)12(15)16-3/h4-9H,1-3H3. The number of rotatable bonds is 2. The Labute approximate surface area is 105 Å². The van der Waals surface area contributed by atoms with E-state index in [0.29, 0.717) is 0 Å². The van der Waals surface area contributed by atoms with E-state index in [4.69, 9.17) is 4.74 Å². The van der Waals surface area contributed by atoms with Gasteiger partial charge in [0.2, 0.25) is 4.87 Å². The number of methoxy groups -OCH3 is 1. The van der Waals surface area contributed by atoms with E-state index in [1.54, 1.807) is 6.92 Å². The minimum absolute atomic E-state index is 0.196. The van der Waals surface area contributed by atoms with Crippen LogP contribution in [-0.4, -0.2) is 28.9 Å². The summed E-state index contributed by atoms with van der Waals surface area (Å²) in [5.74, 6) is -0.291. The van der Waals surface area contributed by atoms with E-state index in [0.717, 1.165) is 11.3 Å². The third kappa shape index (κ3) is 2.22. The topological polar surface area (TPSA) is 38.7 Å². The summed E-state index contributed by atoms with van der Waals surface area (Å²) in [6.07, 6.45) is 0. The first-order valence-electron chi connectivity index (χ1n) is 5.48. The predicted octanol–water partition coefficient (Wildman–Crippen LogP) is 2.50. The van der Waals surface area contributed by atoms with Crippen molar-refractivity contribution in [1.82, 2.24) is 0 Å². The number of esters is 1. The largest absolute Gasteiger partial charge is 0.467 e. The van der Waals surface area contributed by atoms with Crippen LogP contribution in [0.25, 0.3) is 0 Å². The highest BCUT2D eigenvalue weighted by Crippen LogP contribution is 2.40. The summed E-state index contributed by atoms with van der Waals surface area (Å²) in [7, 11) is 1.40. The first-order chi connectivity index (χ1) is 8.07. The molecule has 0 spiro atoms. The lowest BCUT2D eigenvalue weighted by Gasteiger charge is -2.16. The molecule has 2 atom stereocenters. The smallest absolute Gasteiger partial charge is 0.343 e. The van der Waals surface area contributed by atoms with Crippen LogP contribution in [0, 0.1) is 0 Å². The van der Waals surface area contributed by atoms with Crippen LogP contribution in [0.5, 0.6) is 0 Å². The van der Waals surface area contributed by atoms with Crippen molar-refractivity contribution in [2.45, 2.75) is 24.0 Å². The molecule has 1 aromatic carbocycles. The molecule has 0 aliphatic carbocycles. The molecule has 1 aliphatic rings. The molecule has 2 unspecified atom stereocenters. The Morgan fingerprint density at radius 3 is 2.65 bits per heavy atom. The summed E-state index contributed by atoms with van der Waals surface area (Å²) in [6.45, 7) is 3.86. The molecule has 0 saturated carbocycles. The van der Waals surface area contributed by atoms with Gasteiger partial charge in [-0.3, -0.25) is 4.99 Å². The molecule has 1 aromatic rings. The van der Waals surface area contributed by atoms with Crippen molar-refractivity contribution in [1.29, 1.82) is 0 Å². The Morgan fingerprint density at radius 1 is 1.41 bits per heavy atom. The van der Waals surface area contributed by atoms with Crippen molar-refractivity contribution < 1.29 is 9.53 Å². The van der Waals surface area contributed by atoms with E-state index in [1.165, 1.54) is 18.9 Å². The molecule has 17 heavy (non-hydrogen) atoms. The first-order valence-corrected chi connectivity index (χ1v) is 6.36. The van der Waals surface area contributed by atoms with Crippen LogP contribution in [0.15, 0.2) is 35.3 Å². The minimum atomic E-state index is -0.806. The van der Waals surface area contributed by atoms with Gasteiger partial charge in [-0.05, 0) is 19.4 Å². The van der Waals surface area contributed by atoms with Gasteiger partial charge in [0.25, 0.3) is 0 Å². The fraction of sp³-hybridized carbons (Fsp3) is 0.385. The minimum Gasteiger partial charge on any atom is -0.467 e. The number of carbonyl (C=O) groups excluding carboxylic acids is 1. The highest BCUT2D eigenvalue weighted by atomic mass is 32.2. The van der Waals surface area contributed by atoms with Gasteiger partial charge in [0.05, 0.1) is 12.8 Å². The van der Waals surface area contributed by atoms with Crippen LogP contribution in [-0.2, 0) is 9.53 Å². The van der Waals surface area contributed by atoms with E-state index >= 15 is 0 Å². The summed E-state index contributed by atoms with van der Waals surface area (Å²) in [4.78, 5) is 15.4. The van der Waals surface area contributed by atoms with E-state index in [2.05, 4.69) is 11.9 Å². The van der Waals surface area contributed by atoms with Gasteiger partial charge in [0.15, 0.2) is 0 Å². The highest BCUT2D eigenvalue weighted by Gasteiger charge is 2.43. The fourth-order valence-corrected chi connectivity index (χ4v) is 3.26. The lowest BCUT2D eigenvalue weighted by Crippen LogP contribution is -2.28. The molecule has 0 aromatic heterocycles. The molecular weight excluding hydrogens is 234 g/mol. The second-order valence-electron chi connectivity index (χ2n) is 4.10. The lowest BCUT2D eigenvalue weighted by molar-refractivity contribution is -0.142. The van der Waals surface area contributed by atoms with Gasteiger partial charge in [0, 0.05) is 5.25 Å². The van der Waals surface area contributed by atoms with Crippen molar-refractivity contribution in [3.05, 3.63) is 35.9 Å². The number of hydrogen-bond donors (Lipinski definition) is 0. The van der Waals surface area contributed by atoms with Crippen molar-refractivity contribution in [2.75, 3.05) is 7.11 Å². The molecule has 0 fully saturated rings. The van der Waals surface area contributed by atoms with Gasteiger partial charge < -0.3 is 4.74 Å². The van der Waals surface area contributed by atoms with Gasteiger partial charge >= 0.3 is 5.97 Å². The molecule has 0 N–H and O–H groups in total. The van der Waals surface area contributed by atoms with Crippen molar-refractivity contribution in [2.24, 2.45) is 4.99 Å². The van der Waals surface area contributed by atoms with Crippen molar-refractivity contribution in [3.63, 3.8) is 0 Å². The molecule has 0 radical (unpaired) electrons. The quantitative estimate of drug-likeness (QED) is 0.756. The number of nitrogens with zero attached hydrogens (tertiary/aromatic N) is 1. The average Bonchev–Trinajstić information content (AvgIpc) is 2.66. The zero-order valence-electron chi connectivity index (χ0n) is 10.1. The maximum atomic E-state index is 11.7. The van der Waals surface area contributed by atoms with Crippen LogP contribution >= 0.6 is 11.8 Å². The molecule has 0 saturated heterocycles. The normalized spacial score (nSPS) is 27.7. The first kappa shape index (κ1) is 12.2. The van der Waals surface area contributed by atoms with E-state index in [-0.39, 0.29) is 11.2 Å². The third-order valence-corrected chi connectivity index (χ3v) is 4.05. The van der Waals surface area contributed by atoms with Crippen LogP contribution < -0.4 is 0 Å². The van der Waals surface area contributed by atoms with Crippen LogP contribution in [0.2, 0.25) is 0 Å². The van der Waals surface area contributed by atoms with Crippen LogP contribution in [0.4, 0.5) is 0 Å². The average molecular weight is 249 g/mol. The van der Waals surface area contributed by atoms with Gasteiger partial charge in [-0.1, -0.05) is 30.3 Å². The predicted molar refractivity (Wildman–Crippen MR) is 70.5 cm³/mol. The number of ether oxygens (including phenoxy) is 1. The zero-order chi connectivity index (χ0) is 12.5. The maximum Gasteiger partial charge on any atom is 0.343 e. The molecule has 2 rings (SSSR count). The second-order valence-corrected chi connectivity index (χ2v) is 5.84. The van der Waals surface area contributed by atoms with Crippen molar-refractivity contribution in [3.8, 4) is 0 Å². The van der Waals surface area contributed by atoms with Crippen LogP contribution in [0.1, 0.15) is 19.4 Å². The molecule has 1 aliphatic heterocycles. The summed E-state index contributed by atoms with van der Waals surface area (Å²) in [5, 5.41) is 0.196. The fourth-order valence-electron chi connectivity index (χ4n) is 1.94. The van der Waals surface area contributed by atoms with Gasteiger partial charge in [-0.2, -0.15) is 0 Å². The molecule has 3 nitrogen and oxygen atoms in total. The van der Waals surface area contributed by atoms with Crippen LogP contribution in [0.3, 0.4) is 0 Å². The van der Waals surface area contributed by atoms with E-state index < -0.39 is 4.87 Å². The maximum absolute atomic E-state index is 11.7. The summed E-state index contributed by atoms with van der Waals surface area (Å²) >= 11 is 1.53. The number of aliphatic imine (C=N–C) groups is 1. The Kier molecular flexibility index (Phi) is 3.24. The summed E-state index contributed by atoms with van der Waals surface area (Å²) in [5.41, 5.74) is 2.03. The Morgan fingerprint density at radius 2 is 2.06 bits per heavy atom. The second kappa shape index (κ2) is 4.53. The Hall–Kier alpha value is -1.29. The third-order valence-electron chi connectivity index (χ3n) is 2.76. The molecule has 4 heteroatoms. The molecule has 90 valence electrons. The molecule has 0 bridgehead atoms. The van der Waals surface area contributed by atoms with Gasteiger partial charge in [-0.15, -0.1) is 11.8 Å². The molecule has 0 amide bonds. The van der Waals surface area contributed by atoms with E-state index in [9.17, 15) is 4.79 Å². The zero-order valence-corrected chi connectivity index (χ0v) is 11.0. The summed E-state index contributed by atoms with van der Waals surface area (Å²) in [6, 6.07) is 9.94. The van der Waals surface area contributed by atoms with Gasteiger partial charge in [-0.25, -0.2) is 4.79 Å². The lowest BCUT2D eigenvalue weighted by atomic mass is 10.1. The molecule has 1 heterocycles. The highest BCUT2D eigenvalue weighted by molar-refractivity contribution is 8.03. The monoisotopic (exact) mass is 249 g/mol. The SMILES string of the molecule is COC(=O)C1(C)N=C(c2ccccc2)C(C)S1. The number of hydrogen-bond acceptors (Lipinski definition) is 4. The Bertz CT molecular complexity index is 458. The molecular formula is C13H15NO2S. The number of benzene rings is 1. The Balaban J connectivity index is 2.36. The van der Waals surface area contributed by atoms with E-state index in [1.807, 2.05) is 30.3 Å². The number of carbonyl (C=O) groups is 1. The summed E-state index contributed by atoms with van der Waals surface area (Å²) < 4.78 is 4.80. The van der Waals surface area contributed by atoms with Gasteiger partial charge in [0.1, 0.15) is 0 Å². The number of thioether (sulfide) groups is 1. The van der Waals surface area contributed by atoms with Crippen molar-refractivity contribution >= 4 is 23.4 Å².